The van der Waals surface area contributed by atoms with Gasteiger partial charge >= 0.3 is 0 Å². The Morgan fingerprint density at radius 2 is 1.97 bits per heavy atom. The molecule has 190 valence electrons. The first kappa shape index (κ1) is 23.7. The summed E-state index contributed by atoms with van der Waals surface area (Å²) in [7, 11) is -3.18. The highest BCUT2D eigenvalue weighted by Crippen LogP contribution is 2.36. The predicted octanol–water partition coefficient (Wildman–Crippen LogP) is 2.54. The van der Waals surface area contributed by atoms with E-state index in [1.165, 1.54) is 11.1 Å². The average molecular weight is 528 g/mol. The van der Waals surface area contributed by atoms with Crippen molar-refractivity contribution in [2.45, 2.75) is 19.5 Å². The molecule has 1 aromatic carbocycles. The van der Waals surface area contributed by atoms with Gasteiger partial charge in [0.05, 0.1) is 36.6 Å². The van der Waals surface area contributed by atoms with Gasteiger partial charge in [0.15, 0.2) is 5.82 Å². The van der Waals surface area contributed by atoms with E-state index in [4.69, 9.17) is 14.7 Å². The molecule has 6 rings (SSSR count). The Labute approximate surface area is 213 Å². The molecule has 0 radical (unpaired) electrons. The molecule has 0 bridgehead atoms. The van der Waals surface area contributed by atoms with Gasteiger partial charge in [-0.3, -0.25) is 10.00 Å². The molecule has 0 spiro atoms. The van der Waals surface area contributed by atoms with Crippen LogP contribution in [0.4, 0.5) is 5.82 Å². The summed E-state index contributed by atoms with van der Waals surface area (Å²) < 4.78 is 31.3. The van der Waals surface area contributed by atoms with E-state index in [0.717, 1.165) is 52.1 Å². The van der Waals surface area contributed by atoms with Gasteiger partial charge in [0, 0.05) is 61.1 Å². The first-order valence-electron chi connectivity index (χ1n) is 12.1. The normalized spacial score (nSPS) is 20.5. The van der Waals surface area contributed by atoms with E-state index in [9.17, 15) is 8.42 Å². The number of rotatable bonds is 5. The minimum atomic E-state index is -3.18. The van der Waals surface area contributed by atoms with Crippen molar-refractivity contribution >= 4 is 48.3 Å². The zero-order valence-corrected chi connectivity index (χ0v) is 22.0. The Bertz CT molecular complexity index is 1510. The van der Waals surface area contributed by atoms with E-state index in [0.29, 0.717) is 38.7 Å². The number of piperazine rings is 1. The van der Waals surface area contributed by atoms with E-state index in [2.05, 4.69) is 26.1 Å². The molecule has 0 saturated carbocycles. The van der Waals surface area contributed by atoms with Crippen LogP contribution in [0.3, 0.4) is 0 Å². The molecule has 5 heterocycles. The molecule has 1 N–H and O–H groups in total. The van der Waals surface area contributed by atoms with Crippen LogP contribution in [-0.4, -0.2) is 96.0 Å². The molecule has 2 aliphatic rings. The molecule has 0 amide bonds. The van der Waals surface area contributed by atoms with E-state index < -0.39 is 10.0 Å². The molecule has 0 aliphatic carbocycles. The summed E-state index contributed by atoms with van der Waals surface area (Å²) in [5.74, 6) is 1.64. The van der Waals surface area contributed by atoms with E-state index in [1.807, 2.05) is 31.3 Å². The van der Waals surface area contributed by atoms with Crippen molar-refractivity contribution in [1.29, 1.82) is 0 Å². The molecule has 12 heteroatoms. The van der Waals surface area contributed by atoms with Crippen LogP contribution in [0.2, 0.25) is 0 Å². The summed E-state index contributed by atoms with van der Waals surface area (Å²) >= 11 is 1.69. The number of benzene rings is 1. The highest BCUT2D eigenvalue weighted by Gasteiger charge is 2.30. The fourth-order valence-corrected chi connectivity index (χ4v) is 7.41. The lowest BCUT2D eigenvalue weighted by molar-refractivity contribution is 0.122. The van der Waals surface area contributed by atoms with Gasteiger partial charge < -0.3 is 9.64 Å². The van der Waals surface area contributed by atoms with Gasteiger partial charge in [-0.1, -0.05) is 12.1 Å². The molecule has 2 aliphatic heterocycles. The maximum absolute atomic E-state index is 12.1. The molecule has 0 unspecified atom stereocenters. The van der Waals surface area contributed by atoms with Crippen LogP contribution in [0.5, 0.6) is 0 Å². The topological polar surface area (TPSA) is 108 Å². The summed E-state index contributed by atoms with van der Waals surface area (Å²) in [4.78, 5) is 16.8. The molecule has 2 fully saturated rings. The van der Waals surface area contributed by atoms with Crippen LogP contribution >= 0.6 is 11.3 Å². The molecular weight excluding hydrogens is 498 g/mol. The van der Waals surface area contributed by atoms with Crippen molar-refractivity contribution in [2.75, 3.05) is 57.1 Å². The minimum Gasteiger partial charge on any atom is -0.378 e. The van der Waals surface area contributed by atoms with Crippen LogP contribution in [0.15, 0.2) is 30.5 Å². The Morgan fingerprint density at radius 3 is 2.75 bits per heavy atom. The fourth-order valence-electron chi connectivity index (χ4n) is 5.21. The zero-order chi connectivity index (χ0) is 24.9. The van der Waals surface area contributed by atoms with Gasteiger partial charge in [-0.15, -0.1) is 11.3 Å². The SMILES string of the molecule is C[C@@H]1CN(Cc2cc3c(N4CCOCC4)nc(-c4cccc5[nH]ncc45)nc3s2)CCN1S(C)(=O)=O. The number of hydrogen-bond acceptors (Lipinski definition) is 9. The second-order valence-electron chi connectivity index (χ2n) is 9.50. The van der Waals surface area contributed by atoms with Gasteiger partial charge in [0.2, 0.25) is 10.0 Å². The van der Waals surface area contributed by atoms with Crippen LogP contribution in [-0.2, 0) is 21.3 Å². The third-order valence-corrected chi connectivity index (χ3v) is 9.32. The maximum Gasteiger partial charge on any atom is 0.211 e. The van der Waals surface area contributed by atoms with Gasteiger partial charge in [-0.05, 0) is 19.1 Å². The Hall–Kier alpha value is -2.64. The quantitative estimate of drug-likeness (QED) is 0.422. The van der Waals surface area contributed by atoms with Crippen molar-refractivity contribution in [2.24, 2.45) is 0 Å². The number of sulfonamides is 1. The van der Waals surface area contributed by atoms with Gasteiger partial charge in [0.1, 0.15) is 10.6 Å². The highest BCUT2D eigenvalue weighted by molar-refractivity contribution is 7.88. The smallest absolute Gasteiger partial charge is 0.211 e. The molecule has 36 heavy (non-hydrogen) atoms. The third-order valence-electron chi connectivity index (χ3n) is 6.92. The van der Waals surface area contributed by atoms with Crippen molar-refractivity contribution in [3.8, 4) is 11.4 Å². The lowest BCUT2D eigenvalue weighted by atomic mass is 10.1. The number of morpholine rings is 1. The Morgan fingerprint density at radius 1 is 1.14 bits per heavy atom. The average Bonchev–Trinajstić information content (AvgIpc) is 3.49. The van der Waals surface area contributed by atoms with Crippen LogP contribution < -0.4 is 4.90 Å². The summed E-state index contributed by atoms with van der Waals surface area (Å²) in [5, 5.41) is 9.30. The number of ether oxygens (including phenoxy) is 1. The number of thiophene rings is 1. The van der Waals surface area contributed by atoms with Crippen LogP contribution in [0.1, 0.15) is 11.8 Å². The van der Waals surface area contributed by atoms with Crippen molar-refractivity contribution in [3.63, 3.8) is 0 Å². The number of fused-ring (bicyclic) bond motifs is 2. The van der Waals surface area contributed by atoms with Crippen LogP contribution in [0.25, 0.3) is 32.5 Å². The lowest BCUT2D eigenvalue weighted by Crippen LogP contribution is -2.53. The van der Waals surface area contributed by atoms with Crippen molar-refractivity contribution in [1.82, 2.24) is 29.4 Å². The number of nitrogens with zero attached hydrogens (tertiary/aromatic N) is 6. The summed E-state index contributed by atoms with van der Waals surface area (Å²) in [6.07, 6.45) is 3.11. The van der Waals surface area contributed by atoms with Crippen molar-refractivity contribution < 1.29 is 13.2 Å². The first-order chi connectivity index (χ1) is 17.4. The number of nitrogens with one attached hydrogen (secondary N) is 1. The molecular formula is C24H29N7O3S2. The van der Waals surface area contributed by atoms with E-state index in [-0.39, 0.29) is 6.04 Å². The number of H-pyrrole nitrogens is 1. The minimum absolute atomic E-state index is 0.0473. The second-order valence-corrected chi connectivity index (χ2v) is 12.5. The summed E-state index contributed by atoms with van der Waals surface area (Å²) in [6.45, 7) is 7.60. The summed E-state index contributed by atoms with van der Waals surface area (Å²) in [5.41, 5.74) is 1.91. The highest BCUT2D eigenvalue weighted by atomic mass is 32.2. The fraction of sp³-hybridized carbons (Fsp3) is 0.458. The third kappa shape index (κ3) is 4.48. The largest absolute Gasteiger partial charge is 0.378 e. The summed E-state index contributed by atoms with van der Waals surface area (Å²) in [6, 6.07) is 8.20. The van der Waals surface area contributed by atoms with Crippen molar-refractivity contribution in [3.05, 3.63) is 35.3 Å². The molecule has 10 nitrogen and oxygen atoms in total. The van der Waals surface area contributed by atoms with E-state index in [1.54, 1.807) is 15.6 Å². The predicted molar refractivity (Wildman–Crippen MR) is 142 cm³/mol. The number of hydrogen-bond donors (Lipinski definition) is 1. The number of anilines is 1. The molecule has 1 atom stereocenters. The van der Waals surface area contributed by atoms with Gasteiger partial charge in [0.25, 0.3) is 0 Å². The lowest BCUT2D eigenvalue weighted by Gasteiger charge is -2.38. The molecule has 2 saturated heterocycles. The molecule has 4 aromatic rings. The molecule has 3 aromatic heterocycles. The van der Waals surface area contributed by atoms with E-state index >= 15 is 0 Å². The monoisotopic (exact) mass is 527 g/mol. The zero-order valence-electron chi connectivity index (χ0n) is 20.3. The standard InChI is InChI=1S/C24H29N7O3S2/c1-16-14-29(6-7-31(16)36(2,32)33)15-17-12-19-23(30-8-10-34-11-9-30)26-22(27-24(19)35-17)18-4-3-5-21-20(18)13-25-28-21/h3-5,12-13,16H,6-11,14-15H2,1-2H3,(H,25,28)/t16-/m1/s1. The van der Waals surface area contributed by atoms with Gasteiger partial charge in [-0.2, -0.15) is 9.40 Å². The number of aromatic amines is 1. The van der Waals surface area contributed by atoms with Crippen LogP contribution in [0, 0.1) is 0 Å². The second kappa shape index (κ2) is 9.34. The number of aromatic nitrogens is 4. The maximum atomic E-state index is 12.1. The Balaban J connectivity index is 1.36. The Kier molecular flexibility index (Phi) is 6.16. The van der Waals surface area contributed by atoms with Gasteiger partial charge in [-0.25, -0.2) is 18.4 Å². The first-order valence-corrected chi connectivity index (χ1v) is 14.8.